The minimum Gasteiger partial charge on any atom is -0.493 e. The third-order valence-electron chi connectivity index (χ3n) is 1.79. The SMILES string of the molecule is C=C(CCOc1ccc(Br)cc1)C(=O)O. The zero-order valence-electron chi connectivity index (χ0n) is 8.07. The van der Waals surface area contributed by atoms with Crippen molar-refractivity contribution >= 4 is 21.9 Å². The van der Waals surface area contributed by atoms with Gasteiger partial charge in [0.25, 0.3) is 0 Å². The Morgan fingerprint density at radius 3 is 2.53 bits per heavy atom. The quantitative estimate of drug-likeness (QED) is 0.837. The molecule has 0 radical (unpaired) electrons. The van der Waals surface area contributed by atoms with Crippen molar-refractivity contribution in [3.63, 3.8) is 0 Å². The van der Waals surface area contributed by atoms with E-state index in [1.54, 1.807) is 0 Å². The smallest absolute Gasteiger partial charge is 0.331 e. The lowest BCUT2D eigenvalue weighted by molar-refractivity contribution is -0.132. The molecular formula is C11H11BrO3. The summed E-state index contributed by atoms with van der Waals surface area (Å²) in [6.45, 7) is 3.74. The molecule has 0 saturated carbocycles. The molecule has 0 atom stereocenters. The van der Waals surface area contributed by atoms with Crippen LogP contribution in [0.5, 0.6) is 5.75 Å². The molecular weight excluding hydrogens is 260 g/mol. The Bertz CT molecular complexity index is 357. The van der Waals surface area contributed by atoms with E-state index < -0.39 is 5.97 Å². The van der Waals surface area contributed by atoms with Gasteiger partial charge in [-0.15, -0.1) is 0 Å². The Hall–Kier alpha value is -1.29. The zero-order chi connectivity index (χ0) is 11.3. The number of carboxylic acids is 1. The summed E-state index contributed by atoms with van der Waals surface area (Å²) in [5, 5.41) is 8.55. The van der Waals surface area contributed by atoms with Gasteiger partial charge in [-0.25, -0.2) is 4.79 Å². The van der Waals surface area contributed by atoms with Crippen LogP contribution in [-0.4, -0.2) is 17.7 Å². The third-order valence-corrected chi connectivity index (χ3v) is 2.32. The van der Waals surface area contributed by atoms with Crippen molar-refractivity contribution in [1.82, 2.24) is 0 Å². The van der Waals surface area contributed by atoms with Gasteiger partial charge in [-0.3, -0.25) is 0 Å². The second-order valence-electron chi connectivity index (χ2n) is 2.96. The van der Waals surface area contributed by atoms with Crippen LogP contribution in [0.4, 0.5) is 0 Å². The monoisotopic (exact) mass is 270 g/mol. The first-order chi connectivity index (χ1) is 7.09. The molecule has 3 nitrogen and oxygen atoms in total. The number of carboxylic acid groups (broad SMARTS) is 1. The molecule has 0 aromatic heterocycles. The van der Waals surface area contributed by atoms with Crippen molar-refractivity contribution < 1.29 is 14.6 Å². The summed E-state index contributed by atoms with van der Waals surface area (Å²) in [7, 11) is 0. The number of hydrogen-bond donors (Lipinski definition) is 1. The molecule has 0 bridgehead atoms. The molecule has 0 amide bonds. The van der Waals surface area contributed by atoms with Crippen LogP contribution in [0.2, 0.25) is 0 Å². The maximum atomic E-state index is 10.4. The molecule has 15 heavy (non-hydrogen) atoms. The fraction of sp³-hybridized carbons (Fsp3) is 0.182. The molecule has 0 aliphatic carbocycles. The third kappa shape index (κ3) is 4.16. The number of halogens is 1. The fourth-order valence-electron chi connectivity index (χ4n) is 0.930. The van der Waals surface area contributed by atoms with Gasteiger partial charge < -0.3 is 9.84 Å². The van der Waals surface area contributed by atoms with E-state index >= 15 is 0 Å². The van der Waals surface area contributed by atoms with Crippen LogP contribution in [0.1, 0.15) is 6.42 Å². The zero-order valence-corrected chi connectivity index (χ0v) is 9.66. The molecule has 4 heteroatoms. The molecule has 0 saturated heterocycles. The summed E-state index contributed by atoms with van der Waals surface area (Å²) in [5.41, 5.74) is 0.159. The average Bonchev–Trinajstić information content (AvgIpc) is 2.20. The molecule has 1 N–H and O–H groups in total. The first-order valence-corrected chi connectivity index (χ1v) is 5.18. The molecule has 1 aromatic carbocycles. The Kier molecular flexibility index (Phi) is 4.37. The summed E-state index contributed by atoms with van der Waals surface area (Å²) >= 11 is 3.31. The van der Waals surface area contributed by atoms with E-state index in [1.165, 1.54) is 0 Å². The van der Waals surface area contributed by atoms with Crippen molar-refractivity contribution in [2.24, 2.45) is 0 Å². The van der Waals surface area contributed by atoms with Gasteiger partial charge in [0.15, 0.2) is 0 Å². The van der Waals surface area contributed by atoms with E-state index in [0.29, 0.717) is 13.0 Å². The van der Waals surface area contributed by atoms with E-state index in [4.69, 9.17) is 9.84 Å². The number of benzene rings is 1. The van der Waals surface area contributed by atoms with Crippen LogP contribution in [0.25, 0.3) is 0 Å². The highest BCUT2D eigenvalue weighted by Gasteiger charge is 2.03. The van der Waals surface area contributed by atoms with Crippen molar-refractivity contribution in [3.8, 4) is 5.75 Å². The van der Waals surface area contributed by atoms with E-state index in [0.717, 1.165) is 10.2 Å². The van der Waals surface area contributed by atoms with Gasteiger partial charge in [-0.2, -0.15) is 0 Å². The summed E-state index contributed by atoms with van der Waals surface area (Å²) in [5.74, 6) is -0.259. The van der Waals surface area contributed by atoms with Crippen molar-refractivity contribution in [1.29, 1.82) is 0 Å². The minimum absolute atomic E-state index is 0.159. The highest BCUT2D eigenvalue weighted by atomic mass is 79.9. The van der Waals surface area contributed by atoms with Crippen LogP contribution in [0, 0.1) is 0 Å². The van der Waals surface area contributed by atoms with Gasteiger partial charge in [-0.05, 0) is 24.3 Å². The van der Waals surface area contributed by atoms with Crippen LogP contribution >= 0.6 is 15.9 Å². The standard InChI is InChI=1S/C11H11BrO3/c1-8(11(13)14)6-7-15-10-4-2-9(12)3-5-10/h2-5H,1,6-7H2,(H,13,14). The predicted octanol–water partition coefficient (Wildman–Crippen LogP) is 2.86. The Morgan fingerprint density at radius 2 is 2.00 bits per heavy atom. The van der Waals surface area contributed by atoms with Crippen LogP contribution in [-0.2, 0) is 4.79 Å². The largest absolute Gasteiger partial charge is 0.493 e. The maximum Gasteiger partial charge on any atom is 0.331 e. The molecule has 0 unspecified atom stereocenters. The van der Waals surface area contributed by atoms with Gasteiger partial charge in [0.1, 0.15) is 5.75 Å². The van der Waals surface area contributed by atoms with Crippen molar-refractivity contribution in [2.75, 3.05) is 6.61 Å². The topological polar surface area (TPSA) is 46.5 Å². The van der Waals surface area contributed by atoms with E-state index in [-0.39, 0.29) is 5.57 Å². The fourth-order valence-corrected chi connectivity index (χ4v) is 1.19. The van der Waals surface area contributed by atoms with Gasteiger partial charge >= 0.3 is 5.97 Å². The van der Waals surface area contributed by atoms with Crippen molar-refractivity contribution in [2.45, 2.75) is 6.42 Å². The van der Waals surface area contributed by atoms with Gasteiger partial charge in [0, 0.05) is 16.5 Å². The molecule has 1 rings (SSSR count). The summed E-state index contributed by atoms with van der Waals surface area (Å²) in [4.78, 5) is 10.4. The van der Waals surface area contributed by atoms with Crippen LogP contribution in [0.3, 0.4) is 0 Å². The lowest BCUT2D eigenvalue weighted by Gasteiger charge is -2.05. The Morgan fingerprint density at radius 1 is 1.40 bits per heavy atom. The van der Waals surface area contributed by atoms with Crippen LogP contribution in [0.15, 0.2) is 40.9 Å². The second kappa shape index (κ2) is 5.56. The Labute approximate surface area is 96.5 Å². The molecule has 0 aliphatic rings. The molecule has 1 aromatic rings. The normalized spacial score (nSPS) is 9.67. The summed E-state index contributed by atoms with van der Waals surface area (Å²) < 4.78 is 6.31. The van der Waals surface area contributed by atoms with E-state index in [2.05, 4.69) is 22.5 Å². The van der Waals surface area contributed by atoms with Gasteiger partial charge in [0.2, 0.25) is 0 Å². The number of carbonyl (C=O) groups is 1. The summed E-state index contributed by atoms with van der Waals surface area (Å²) in [6, 6.07) is 7.35. The number of hydrogen-bond acceptors (Lipinski definition) is 2. The van der Waals surface area contributed by atoms with E-state index in [1.807, 2.05) is 24.3 Å². The van der Waals surface area contributed by atoms with Gasteiger partial charge in [0.05, 0.1) is 6.61 Å². The minimum atomic E-state index is -0.977. The maximum absolute atomic E-state index is 10.4. The highest BCUT2D eigenvalue weighted by Crippen LogP contribution is 2.16. The number of aliphatic carboxylic acids is 1. The lowest BCUT2D eigenvalue weighted by atomic mass is 10.2. The first-order valence-electron chi connectivity index (χ1n) is 4.39. The predicted molar refractivity (Wildman–Crippen MR) is 61.0 cm³/mol. The lowest BCUT2D eigenvalue weighted by Crippen LogP contribution is -2.05. The highest BCUT2D eigenvalue weighted by molar-refractivity contribution is 9.10. The average molecular weight is 271 g/mol. The Balaban J connectivity index is 2.35. The van der Waals surface area contributed by atoms with E-state index in [9.17, 15) is 4.79 Å². The molecule has 0 heterocycles. The number of ether oxygens (including phenoxy) is 1. The van der Waals surface area contributed by atoms with Crippen LogP contribution < -0.4 is 4.74 Å². The molecule has 0 aliphatic heterocycles. The second-order valence-corrected chi connectivity index (χ2v) is 3.88. The summed E-state index contributed by atoms with van der Waals surface area (Å²) in [6.07, 6.45) is 0.325. The number of rotatable bonds is 5. The van der Waals surface area contributed by atoms with Crippen molar-refractivity contribution in [3.05, 3.63) is 40.9 Å². The molecule has 80 valence electrons. The van der Waals surface area contributed by atoms with Gasteiger partial charge in [-0.1, -0.05) is 22.5 Å². The molecule has 0 fully saturated rings. The first kappa shape index (κ1) is 11.8. The molecule has 0 spiro atoms.